The van der Waals surface area contributed by atoms with E-state index >= 15 is 0 Å². The summed E-state index contributed by atoms with van der Waals surface area (Å²) in [7, 11) is 0. The molecule has 0 fully saturated rings. The predicted octanol–water partition coefficient (Wildman–Crippen LogP) is 3.57. The zero-order valence-electron chi connectivity index (χ0n) is 13.7. The van der Waals surface area contributed by atoms with Crippen molar-refractivity contribution in [3.05, 3.63) is 83.6 Å². The van der Waals surface area contributed by atoms with Crippen LogP contribution in [0.1, 0.15) is 17.3 Å². The SMILES string of the molecule is CC1=CC(=O)NC2=CC(=NC(=O)c3cccc4ccccc34)C=CC12. The van der Waals surface area contributed by atoms with Gasteiger partial charge in [-0.05, 0) is 35.9 Å². The zero-order chi connectivity index (χ0) is 17.4. The van der Waals surface area contributed by atoms with Crippen molar-refractivity contribution >= 4 is 28.3 Å². The second kappa shape index (κ2) is 5.98. The number of fused-ring (bicyclic) bond motifs is 2. The Kier molecular flexibility index (Phi) is 3.65. The van der Waals surface area contributed by atoms with Crippen molar-refractivity contribution in [3.8, 4) is 0 Å². The summed E-state index contributed by atoms with van der Waals surface area (Å²) in [6, 6.07) is 13.4. The number of amides is 2. The minimum absolute atomic E-state index is 0.0457. The van der Waals surface area contributed by atoms with E-state index in [2.05, 4.69) is 10.3 Å². The minimum Gasteiger partial charge on any atom is -0.325 e. The molecule has 4 nitrogen and oxygen atoms in total. The fourth-order valence-electron chi connectivity index (χ4n) is 3.24. The van der Waals surface area contributed by atoms with Crippen LogP contribution in [-0.2, 0) is 4.79 Å². The van der Waals surface area contributed by atoms with Crippen LogP contribution in [0, 0.1) is 5.92 Å². The maximum Gasteiger partial charge on any atom is 0.278 e. The first-order valence-corrected chi connectivity index (χ1v) is 8.11. The Morgan fingerprint density at radius 3 is 2.76 bits per heavy atom. The van der Waals surface area contributed by atoms with E-state index in [0.29, 0.717) is 11.3 Å². The van der Waals surface area contributed by atoms with Gasteiger partial charge in [0.2, 0.25) is 5.91 Å². The molecule has 1 aliphatic heterocycles. The van der Waals surface area contributed by atoms with Crippen LogP contribution in [0.2, 0.25) is 0 Å². The van der Waals surface area contributed by atoms with Crippen molar-refractivity contribution in [2.45, 2.75) is 6.92 Å². The van der Waals surface area contributed by atoms with Gasteiger partial charge in [-0.1, -0.05) is 48.0 Å². The van der Waals surface area contributed by atoms with Gasteiger partial charge >= 0.3 is 0 Å². The molecule has 0 saturated heterocycles. The monoisotopic (exact) mass is 328 g/mol. The summed E-state index contributed by atoms with van der Waals surface area (Å²) in [6.45, 7) is 1.92. The Hall–Kier alpha value is -3.27. The highest BCUT2D eigenvalue weighted by molar-refractivity contribution is 6.17. The molecule has 2 aliphatic rings. The fraction of sp³-hybridized carbons (Fsp3) is 0.0952. The van der Waals surface area contributed by atoms with Gasteiger partial charge in [0.1, 0.15) is 0 Å². The van der Waals surface area contributed by atoms with E-state index in [1.54, 1.807) is 18.2 Å². The molecular weight excluding hydrogens is 312 g/mol. The molecule has 1 aliphatic carbocycles. The molecule has 0 bridgehead atoms. The van der Waals surface area contributed by atoms with Gasteiger partial charge in [0.05, 0.1) is 5.71 Å². The fourth-order valence-corrected chi connectivity index (χ4v) is 3.24. The average molecular weight is 328 g/mol. The number of benzene rings is 2. The van der Waals surface area contributed by atoms with E-state index in [1.165, 1.54) is 0 Å². The second-order valence-corrected chi connectivity index (χ2v) is 6.18. The molecule has 1 heterocycles. The lowest BCUT2D eigenvalue weighted by molar-refractivity contribution is -0.116. The van der Waals surface area contributed by atoms with Crippen LogP contribution in [0.15, 0.2) is 83.0 Å². The average Bonchev–Trinajstić information content (AvgIpc) is 2.60. The zero-order valence-corrected chi connectivity index (χ0v) is 13.7. The van der Waals surface area contributed by atoms with E-state index in [-0.39, 0.29) is 17.7 Å². The lowest BCUT2D eigenvalue weighted by Gasteiger charge is -2.25. The molecule has 0 saturated carbocycles. The molecule has 25 heavy (non-hydrogen) atoms. The lowest BCUT2D eigenvalue weighted by Crippen LogP contribution is -2.32. The Bertz CT molecular complexity index is 1020. The smallest absolute Gasteiger partial charge is 0.278 e. The number of aliphatic imine (C=N–C) groups is 1. The second-order valence-electron chi connectivity index (χ2n) is 6.18. The van der Waals surface area contributed by atoms with Crippen molar-refractivity contribution in [1.82, 2.24) is 5.32 Å². The number of nitrogens with zero attached hydrogens (tertiary/aromatic N) is 1. The molecular formula is C21H16N2O2. The Morgan fingerprint density at radius 2 is 1.88 bits per heavy atom. The maximum absolute atomic E-state index is 12.7. The quantitative estimate of drug-likeness (QED) is 0.870. The summed E-state index contributed by atoms with van der Waals surface area (Å²) in [5.41, 5.74) is 2.85. The Morgan fingerprint density at radius 1 is 1.08 bits per heavy atom. The molecule has 2 aromatic rings. The van der Waals surface area contributed by atoms with E-state index in [9.17, 15) is 9.59 Å². The number of carbonyl (C=O) groups excluding carboxylic acids is 2. The van der Waals surface area contributed by atoms with E-state index in [0.717, 1.165) is 22.0 Å². The van der Waals surface area contributed by atoms with Gasteiger partial charge in [0.25, 0.3) is 5.91 Å². The lowest BCUT2D eigenvalue weighted by atomic mass is 9.89. The molecule has 4 heteroatoms. The Balaban J connectivity index is 1.70. The summed E-state index contributed by atoms with van der Waals surface area (Å²) in [6.07, 6.45) is 7.14. The third-order valence-corrected chi connectivity index (χ3v) is 4.47. The summed E-state index contributed by atoms with van der Waals surface area (Å²) in [5.74, 6) is -0.388. The van der Waals surface area contributed by atoms with Gasteiger partial charge in [-0.3, -0.25) is 9.59 Å². The molecule has 0 spiro atoms. The first-order chi connectivity index (χ1) is 12.1. The molecule has 2 amide bonds. The standard InChI is InChI=1S/C21H16N2O2/c1-13-11-20(24)23-19-12-15(9-10-16(13)19)22-21(25)18-8-4-6-14-5-2-3-7-17(14)18/h2-12,16H,1H3,(H,23,24). The number of rotatable bonds is 1. The predicted molar refractivity (Wildman–Crippen MR) is 98.3 cm³/mol. The van der Waals surface area contributed by atoms with Crippen molar-refractivity contribution in [3.63, 3.8) is 0 Å². The highest BCUT2D eigenvalue weighted by atomic mass is 16.2. The molecule has 1 atom stereocenters. The third kappa shape index (κ3) is 2.83. The first-order valence-electron chi connectivity index (χ1n) is 8.11. The van der Waals surface area contributed by atoms with Crippen LogP contribution >= 0.6 is 0 Å². The molecule has 0 aromatic heterocycles. The van der Waals surface area contributed by atoms with Crippen molar-refractivity contribution in [1.29, 1.82) is 0 Å². The van der Waals surface area contributed by atoms with Crippen LogP contribution in [0.25, 0.3) is 10.8 Å². The first kappa shape index (κ1) is 15.3. The molecule has 0 radical (unpaired) electrons. The van der Waals surface area contributed by atoms with Crippen molar-refractivity contribution in [2.75, 3.05) is 0 Å². The highest BCUT2D eigenvalue weighted by Gasteiger charge is 2.24. The summed E-state index contributed by atoms with van der Waals surface area (Å²) in [5, 5.41) is 4.71. The molecule has 1 N–H and O–H groups in total. The number of carbonyl (C=O) groups is 2. The Labute approximate surface area is 145 Å². The summed E-state index contributed by atoms with van der Waals surface area (Å²) >= 11 is 0. The van der Waals surface area contributed by atoms with Crippen LogP contribution < -0.4 is 5.32 Å². The van der Waals surface area contributed by atoms with Crippen molar-refractivity contribution < 1.29 is 9.59 Å². The third-order valence-electron chi connectivity index (χ3n) is 4.47. The minimum atomic E-state index is -0.291. The molecule has 122 valence electrons. The topological polar surface area (TPSA) is 58.5 Å². The van der Waals surface area contributed by atoms with E-state index in [4.69, 9.17) is 0 Å². The molecule has 2 aromatic carbocycles. The normalized spacial score (nSPS) is 20.8. The number of hydrogen-bond acceptors (Lipinski definition) is 2. The van der Waals surface area contributed by atoms with Crippen LogP contribution in [0.5, 0.6) is 0 Å². The van der Waals surface area contributed by atoms with E-state index in [1.807, 2.05) is 55.5 Å². The van der Waals surface area contributed by atoms with Crippen LogP contribution in [0.3, 0.4) is 0 Å². The van der Waals surface area contributed by atoms with Gasteiger partial charge in [0.15, 0.2) is 0 Å². The van der Waals surface area contributed by atoms with Gasteiger partial charge in [0, 0.05) is 23.3 Å². The number of allylic oxidation sites excluding steroid dienone is 3. The summed E-state index contributed by atoms with van der Waals surface area (Å²) in [4.78, 5) is 28.6. The molecule has 1 unspecified atom stereocenters. The van der Waals surface area contributed by atoms with Crippen molar-refractivity contribution in [2.24, 2.45) is 10.9 Å². The largest absolute Gasteiger partial charge is 0.325 e. The van der Waals surface area contributed by atoms with Gasteiger partial charge in [-0.2, -0.15) is 0 Å². The number of nitrogens with one attached hydrogen (secondary N) is 1. The maximum atomic E-state index is 12.7. The summed E-state index contributed by atoms with van der Waals surface area (Å²) < 4.78 is 0. The number of hydrogen-bond donors (Lipinski definition) is 1. The van der Waals surface area contributed by atoms with E-state index < -0.39 is 0 Å². The van der Waals surface area contributed by atoms with Gasteiger partial charge in [-0.15, -0.1) is 0 Å². The van der Waals surface area contributed by atoms with Gasteiger partial charge < -0.3 is 5.32 Å². The molecule has 4 rings (SSSR count). The van der Waals surface area contributed by atoms with Gasteiger partial charge in [-0.25, -0.2) is 4.99 Å². The van der Waals surface area contributed by atoms with Crippen LogP contribution in [-0.4, -0.2) is 17.5 Å². The van der Waals surface area contributed by atoms with Crippen LogP contribution in [0.4, 0.5) is 0 Å². The highest BCUT2D eigenvalue weighted by Crippen LogP contribution is 2.27.